The minimum absolute atomic E-state index is 0.148. The van der Waals surface area contributed by atoms with Gasteiger partial charge in [-0.25, -0.2) is 4.98 Å². The van der Waals surface area contributed by atoms with Crippen LogP contribution in [0.2, 0.25) is 0 Å². The molecule has 21 heavy (non-hydrogen) atoms. The zero-order chi connectivity index (χ0) is 15.2. The Kier molecular flexibility index (Phi) is 5.16. The van der Waals surface area contributed by atoms with E-state index in [9.17, 15) is 0 Å². The Morgan fingerprint density at radius 2 is 2.19 bits per heavy atom. The van der Waals surface area contributed by atoms with Gasteiger partial charge in [0.05, 0.1) is 24.1 Å². The molecule has 3 N–H and O–H groups in total. The number of nitrogens with two attached hydrogens (primary N) is 1. The fraction of sp³-hybridized carbons (Fsp3) is 0.467. The van der Waals surface area contributed by atoms with Crippen molar-refractivity contribution >= 4 is 16.9 Å². The number of nitrogens with zero attached hydrogens (tertiary/aromatic N) is 3. The topological polar surface area (TPSA) is 85.7 Å². The minimum Gasteiger partial charge on any atom is -0.409 e. The third kappa shape index (κ3) is 3.95. The van der Waals surface area contributed by atoms with E-state index < -0.39 is 0 Å². The fourth-order valence-corrected chi connectivity index (χ4v) is 2.18. The van der Waals surface area contributed by atoms with Gasteiger partial charge in [0.1, 0.15) is 11.7 Å². The van der Waals surface area contributed by atoms with Crippen molar-refractivity contribution in [2.45, 2.75) is 26.8 Å². The summed E-state index contributed by atoms with van der Waals surface area (Å²) in [6, 6.07) is 7.89. The lowest BCUT2D eigenvalue weighted by atomic mass is 10.2. The molecule has 0 amide bonds. The van der Waals surface area contributed by atoms with Gasteiger partial charge in [-0.1, -0.05) is 31.1 Å². The Balaban J connectivity index is 2.19. The number of imidazole rings is 1. The van der Waals surface area contributed by atoms with E-state index in [4.69, 9.17) is 15.7 Å². The fourth-order valence-electron chi connectivity index (χ4n) is 2.18. The highest BCUT2D eigenvalue weighted by atomic mass is 16.5. The van der Waals surface area contributed by atoms with E-state index in [1.165, 1.54) is 0 Å². The lowest BCUT2D eigenvalue weighted by molar-refractivity contribution is 0.103. The van der Waals surface area contributed by atoms with Gasteiger partial charge in [-0.15, -0.1) is 0 Å². The van der Waals surface area contributed by atoms with Gasteiger partial charge in [0.25, 0.3) is 0 Å². The smallest absolute Gasteiger partial charge is 0.146 e. The van der Waals surface area contributed by atoms with Gasteiger partial charge in [-0.05, 0) is 18.1 Å². The Bertz CT molecular complexity index is 619. The molecule has 114 valence electrons. The number of aromatic nitrogens is 2. The van der Waals surface area contributed by atoms with E-state index in [0.29, 0.717) is 25.5 Å². The molecule has 0 aliphatic rings. The summed E-state index contributed by atoms with van der Waals surface area (Å²) >= 11 is 0. The Morgan fingerprint density at radius 1 is 1.43 bits per heavy atom. The second-order valence-electron chi connectivity index (χ2n) is 5.41. The maximum absolute atomic E-state index is 8.74. The molecule has 0 atom stereocenters. The predicted molar refractivity (Wildman–Crippen MR) is 82.5 cm³/mol. The molecule has 2 aromatic rings. The van der Waals surface area contributed by atoms with Gasteiger partial charge in [-0.3, -0.25) is 0 Å². The Labute approximate surface area is 124 Å². The highest BCUT2D eigenvalue weighted by Gasteiger charge is 2.11. The number of oxime groups is 1. The van der Waals surface area contributed by atoms with Crippen molar-refractivity contribution in [1.29, 1.82) is 0 Å². The number of benzene rings is 1. The SMILES string of the molecule is CC(C)COCCn1c(C/C(N)=N/O)nc2ccccc21. The number of ether oxygens (including phenoxy) is 1. The van der Waals surface area contributed by atoms with Crippen molar-refractivity contribution in [2.75, 3.05) is 13.2 Å². The van der Waals surface area contributed by atoms with Crippen molar-refractivity contribution in [3.05, 3.63) is 30.1 Å². The second kappa shape index (κ2) is 7.08. The first kappa shape index (κ1) is 15.3. The van der Waals surface area contributed by atoms with E-state index in [1.54, 1.807) is 0 Å². The van der Waals surface area contributed by atoms with E-state index in [-0.39, 0.29) is 5.84 Å². The summed E-state index contributed by atoms with van der Waals surface area (Å²) in [7, 11) is 0. The first-order chi connectivity index (χ1) is 10.1. The molecular weight excluding hydrogens is 268 g/mol. The van der Waals surface area contributed by atoms with E-state index in [1.807, 2.05) is 24.3 Å². The molecule has 6 heteroatoms. The quantitative estimate of drug-likeness (QED) is 0.268. The molecule has 6 nitrogen and oxygen atoms in total. The Hall–Kier alpha value is -2.08. The van der Waals surface area contributed by atoms with Crippen LogP contribution in [-0.2, 0) is 17.7 Å². The molecule has 0 aliphatic heterocycles. The third-order valence-corrected chi connectivity index (χ3v) is 3.11. The number of hydrogen-bond acceptors (Lipinski definition) is 4. The summed E-state index contributed by atoms with van der Waals surface area (Å²) in [6.07, 6.45) is 0.315. The van der Waals surface area contributed by atoms with Crippen LogP contribution < -0.4 is 5.73 Å². The molecule has 0 saturated heterocycles. The standard InChI is InChI=1S/C15H22N4O2/c1-11(2)10-21-8-7-19-13-6-4-3-5-12(13)17-15(19)9-14(16)18-20/h3-6,11,20H,7-10H2,1-2H3,(H2,16,18). The summed E-state index contributed by atoms with van der Waals surface area (Å²) in [4.78, 5) is 4.55. The predicted octanol–water partition coefficient (Wildman–Crippen LogP) is 2.00. The van der Waals surface area contributed by atoms with E-state index in [2.05, 4.69) is 28.6 Å². The van der Waals surface area contributed by atoms with Gasteiger partial charge in [0, 0.05) is 13.2 Å². The molecule has 1 aromatic heterocycles. The third-order valence-electron chi connectivity index (χ3n) is 3.11. The van der Waals surface area contributed by atoms with Crippen LogP contribution in [0.3, 0.4) is 0 Å². The molecule has 0 saturated carbocycles. The van der Waals surface area contributed by atoms with Crippen LogP contribution in [0.25, 0.3) is 11.0 Å². The molecule has 0 unspecified atom stereocenters. The van der Waals surface area contributed by atoms with Crippen LogP contribution in [0.4, 0.5) is 0 Å². The van der Waals surface area contributed by atoms with Gasteiger partial charge in [-0.2, -0.15) is 0 Å². The summed E-state index contributed by atoms with van der Waals surface area (Å²) < 4.78 is 7.71. The largest absolute Gasteiger partial charge is 0.409 e. The number of fused-ring (bicyclic) bond motifs is 1. The lowest BCUT2D eigenvalue weighted by Crippen LogP contribution is -2.19. The van der Waals surface area contributed by atoms with E-state index in [0.717, 1.165) is 23.5 Å². The minimum atomic E-state index is 0.148. The van der Waals surface area contributed by atoms with Crippen molar-refractivity contribution < 1.29 is 9.94 Å². The maximum atomic E-state index is 8.74. The van der Waals surface area contributed by atoms with Crippen molar-refractivity contribution in [3.8, 4) is 0 Å². The highest BCUT2D eigenvalue weighted by molar-refractivity contribution is 5.83. The molecule has 0 fully saturated rings. The number of para-hydroxylation sites is 2. The first-order valence-corrected chi connectivity index (χ1v) is 7.10. The van der Waals surface area contributed by atoms with Crippen LogP contribution in [0.1, 0.15) is 19.7 Å². The number of amidine groups is 1. The van der Waals surface area contributed by atoms with Crippen LogP contribution in [-0.4, -0.2) is 33.8 Å². The van der Waals surface area contributed by atoms with Crippen LogP contribution in [0.15, 0.2) is 29.4 Å². The number of rotatable bonds is 7. The molecule has 1 heterocycles. The summed E-state index contributed by atoms with van der Waals surface area (Å²) in [5.74, 6) is 1.44. The molecular formula is C15H22N4O2. The van der Waals surface area contributed by atoms with Crippen LogP contribution >= 0.6 is 0 Å². The molecule has 0 bridgehead atoms. The van der Waals surface area contributed by atoms with Gasteiger partial charge in [0.15, 0.2) is 0 Å². The molecule has 0 spiro atoms. The second-order valence-corrected chi connectivity index (χ2v) is 5.41. The Morgan fingerprint density at radius 3 is 2.90 bits per heavy atom. The summed E-state index contributed by atoms with van der Waals surface area (Å²) in [5.41, 5.74) is 7.54. The van der Waals surface area contributed by atoms with Gasteiger partial charge in [0.2, 0.25) is 0 Å². The summed E-state index contributed by atoms with van der Waals surface area (Å²) in [6.45, 7) is 6.29. The lowest BCUT2D eigenvalue weighted by Gasteiger charge is -2.10. The molecule has 0 aliphatic carbocycles. The number of hydrogen-bond donors (Lipinski definition) is 2. The average molecular weight is 290 g/mol. The van der Waals surface area contributed by atoms with Crippen LogP contribution in [0.5, 0.6) is 0 Å². The molecule has 0 radical (unpaired) electrons. The van der Waals surface area contributed by atoms with E-state index >= 15 is 0 Å². The van der Waals surface area contributed by atoms with Crippen molar-refractivity contribution in [2.24, 2.45) is 16.8 Å². The summed E-state index contributed by atoms with van der Waals surface area (Å²) in [5, 5.41) is 11.8. The van der Waals surface area contributed by atoms with Crippen molar-refractivity contribution in [1.82, 2.24) is 9.55 Å². The molecule has 1 aromatic carbocycles. The van der Waals surface area contributed by atoms with Crippen LogP contribution in [0, 0.1) is 5.92 Å². The maximum Gasteiger partial charge on any atom is 0.146 e. The monoisotopic (exact) mass is 290 g/mol. The normalized spacial score (nSPS) is 12.4. The first-order valence-electron chi connectivity index (χ1n) is 7.10. The van der Waals surface area contributed by atoms with Crippen molar-refractivity contribution in [3.63, 3.8) is 0 Å². The zero-order valence-corrected chi connectivity index (χ0v) is 12.5. The van der Waals surface area contributed by atoms with Gasteiger partial charge < -0.3 is 20.2 Å². The molecule has 2 rings (SSSR count). The average Bonchev–Trinajstić information content (AvgIpc) is 2.80. The highest BCUT2D eigenvalue weighted by Crippen LogP contribution is 2.16. The van der Waals surface area contributed by atoms with Gasteiger partial charge >= 0.3 is 0 Å². The zero-order valence-electron chi connectivity index (χ0n) is 12.5.